The summed E-state index contributed by atoms with van der Waals surface area (Å²) in [5, 5.41) is 9.89. The van der Waals surface area contributed by atoms with Crippen LogP contribution in [0.5, 0.6) is 0 Å². The lowest BCUT2D eigenvalue weighted by molar-refractivity contribution is 0.168. The Labute approximate surface area is 122 Å². The maximum atomic E-state index is 13.5. The normalized spacial score (nSPS) is 12.5. The Bertz CT molecular complexity index is 561. The van der Waals surface area contributed by atoms with E-state index in [4.69, 9.17) is 0 Å². The van der Waals surface area contributed by atoms with E-state index >= 15 is 0 Å². The van der Waals surface area contributed by atoms with Crippen LogP contribution in [0.4, 0.5) is 13.2 Å². The molecular weight excluding hydrogens is 368 g/mol. The number of aliphatic hydroxyl groups excluding tert-OH is 1. The maximum Gasteiger partial charge on any atom is 0.134 e. The van der Waals surface area contributed by atoms with E-state index in [-0.39, 0.29) is 6.42 Å². The van der Waals surface area contributed by atoms with Crippen molar-refractivity contribution in [3.05, 3.63) is 68.5 Å². The van der Waals surface area contributed by atoms with Crippen LogP contribution in [0.2, 0.25) is 0 Å². The topological polar surface area (TPSA) is 20.2 Å². The molecule has 1 N–H and O–H groups in total. The van der Waals surface area contributed by atoms with Gasteiger partial charge in [-0.3, -0.25) is 0 Å². The largest absolute Gasteiger partial charge is 0.388 e. The van der Waals surface area contributed by atoms with Gasteiger partial charge in [0.05, 0.1) is 11.7 Å². The highest BCUT2D eigenvalue weighted by molar-refractivity contribution is 14.1. The molecule has 19 heavy (non-hydrogen) atoms. The molecule has 5 heteroatoms. The summed E-state index contributed by atoms with van der Waals surface area (Å²) in [6, 6.07) is 8.33. The summed E-state index contributed by atoms with van der Waals surface area (Å²) < 4.78 is 40.8. The summed E-state index contributed by atoms with van der Waals surface area (Å²) in [6.07, 6.45) is -1.28. The van der Waals surface area contributed by atoms with Crippen molar-refractivity contribution in [2.24, 2.45) is 0 Å². The predicted octanol–water partition coefficient (Wildman–Crippen LogP) is 3.98. The third-order valence-electron chi connectivity index (χ3n) is 2.72. The van der Waals surface area contributed by atoms with Gasteiger partial charge in [0.2, 0.25) is 0 Å². The van der Waals surface area contributed by atoms with Gasteiger partial charge in [0.15, 0.2) is 0 Å². The first kappa shape index (κ1) is 14.3. The Hall–Kier alpha value is -1.08. The number of halogens is 4. The summed E-state index contributed by atoms with van der Waals surface area (Å²) in [5.74, 6) is -3.15. The summed E-state index contributed by atoms with van der Waals surface area (Å²) in [5.41, 5.74) is 0.246. The van der Waals surface area contributed by atoms with Crippen molar-refractivity contribution in [2.75, 3.05) is 0 Å². The van der Waals surface area contributed by atoms with Gasteiger partial charge >= 0.3 is 0 Å². The van der Waals surface area contributed by atoms with E-state index in [1.807, 2.05) is 12.1 Å². The molecule has 1 atom stereocenters. The molecule has 2 aromatic rings. The molecule has 100 valence electrons. The average molecular weight is 378 g/mol. The van der Waals surface area contributed by atoms with Gasteiger partial charge in [0, 0.05) is 22.1 Å². The molecule has 2 aromatic carbocycles. The second-order valence-electron chi connectivity index (χ2n) is 4.13. The Morgan fingerprint density at radius 3 is 2.05 bits per heavy atom. The Morgan fingerprint density at radius 1 is 1.00 bits per heavy atom. The SMILES string of the molecule is OC(Cc1ccc(I)cc1)c1c(F)cc(F)cc1F. The fraction of sp³-hybridized carbons (Fsp3) is 0.143. The lowest BCUT2D eigenvalue weighted by Gasteiger charge is -2.13. The van der Waals surface area contributed by atoms with Crippen molar-refractivity contribution >= 4 is 22.6 Å². The summed E-state index contributed by atoms with van der Waals surface area (Å²) in [6.45, 7) is 0. The predicted molar refractivity (Wildman–Crippen MR) is 74.1 cm³/mol. The summed E-state index contributed by atoms with van der Waals surface area (Å²) in [7, 11) is 0. The first-order chi connectivity index (χ1) is 8.97. The second kappa shape index (κ2) is 5.92. The highest BCUT2D eigenvalue weighted by atomic mass is 127. The summed E-state index contributed by atoms with van der Waals surface area (Å²) >= 11 is 2.13. The van der Waals surface area contributed by atoms with Crippen molar-refractivity contribution in [3.63, 3.8) is 0 Å². The van der Waals surface area contributed by atoms with E-state index in [1.54, 1.807) is 12.1 Å². The maximum absolute atomic E-state index is 13.5. The van der Waals surface area contributed by atoms with Gasteiger partial charge in [-0.05, 0) is 40.3 Å². The lowest BCUT2D eigenvalue weighted by atomic mass is 10.0. The fourth-order valence-corrected chi connectivity index (χ4v) is 2.18. The van der Waals surface area contributed by atoms with Gasteiger partial charge in [0.25, 0.3) is 0 Å². The zero-order chi connectivity index (χ0) is 14.0. The molecular formula is C14H10F3IO. The van der Waals surface area contributed by atoms with E-state index in [1.165, 1.54) is 0 Å². The van der Waals surface area contributed by atoms with Gasteiger partial charge in [-0.25, -0.2) is 13.2 Å². The van der Waals surface area contributed by atoms with Gasteiger partial charge in [-0.15, -0.1) is 0 Å². The molecule has 1 unspecified atom stereocenters. The number of hydrogen-bond donors (Lipinski definition) is 1. The second-order valence-corrected chi connectivity index (χ2v) is 5.38. The minimum Gasteiger partial charge on any atom is -0.388 e. The Balaban J connectivity index is 2.25. The zero-order valence-corrected chi connectivity index (χ0v) is 11.9. The Kier molecular flexibility index (Phi) is 4.46. The standard InChI is InChI=1S/C14H10F3IO/c15-9-6-11(16)14(12(17)7-9)13(19)5-8-1-3-10(18)4-2-8/h1-4,6-7,13,19H,5H2. The number of aliphatic hydroxyl groups is 1. The van der Waals surface area contributed by atoms with Gasteiger partial charge in [-0.2, -0.15) is 0 Å². The smallest absolute Gasteiger partial charge is 0.134 e. The molecule has 0 aliphatic heterocycles. The minimum atomic E-state index is -1.35. The van der Waals surface area contributed by atoms with Crippen LogP contribution in [0.25, 0.3) is 0 Å². The highest BCUT2D eigenvalue weighted by Gasteiger charge is 2.19. The zero-order valence-electron chi connectivity index (χ0n) is 9.71. The molecule has 0 saturated heterocycles. The monoisotopic (exact) mass is 378 g/mol. The molecule has 0 radical (unpaired) electrons. The van der Waals surface area contributed by atoms with Crippen molar-refractivity contribution in [1.82, 2.24) is 0 Å². The van der Waals surface area contributed by atoms with Gasteiger partial charge < -0.3 is 5.11 Å². The van der Waals surface area contributed by atoms with Crippen molar-refractivity contribution in [3.8, 4) is 0 Å². The molecule has 0 bridgehead atoms. The first-order valence-electron chi connectivity index (χ1n) is 5.54. The number of rotatable bonds is 3. The van der Waals surface area contributed by atoms with Crippen LogP contribution in [0.1, 0.15) is 17.2 Å². The van der Waals surface area contributed by atoms with E-state index in [9.17, 15) is 18.3 Å². The van der Waals surface area contributed by atoms with E-state index in [0.29, 0.717) is 12.1 Å². The van der Waals surface area contributed by atoms with E-state index in [2.05, 4.69) is 22.6 Å². The molecule has 1 nitrogen and oxygen atoms in total. The van der Waals surface area contributed by atoms with Gasteiger partial charge in [-0.1, -0.05) is 12.1 Å². The fourth-order valence-electron chi connectivity index (χ4n) is 1.82. The van der Waals surface area contributed by atoms with E-state index in [0.717, 1.165) is 9.13 Å². The molecule has 2 rings (SSSR count). The third kappa shape index (κ3) is 3.48. The molecule has 0 aromatic heterocycles. The van der Waals surface area contributed by atoms with Crippen LogP contribution < -0.4 is 0 Å². The van der Waals surface area contributed by atoms with Crippen LogP contribution in [-0.4, -0.2) is 5.11 Å². The first-order valence-corrected chi connectivity index (χ1v) is 6.62. The highest BCUT2D eigenvalue weighted by Crippen LogP contribution is 2.25. The average Bonchev–Trinajstić information content (AvgIpc) is 2.30. The number of benzene rings is 2. The van der Waals surface area contributed by atoms with Crippen LogP contribution in [0.15, 0.2) is 36.4 Å². The Morgan fingerprint density at radius 2 is 1.53 bits per heavy atom. The van der Waals surface area contributed by atoms with Crippen LogP contribution in [0, 0.1) is 21.0 Å². The molecule has 0 heterocycles. The molecule has 0 aliphatic carbocycles. The molecule has 0 spiro atoms. The van der Waals surface area contributed by atoms with Crippen LogP contribution in [-0.2, 0) is 6.42 Å². The minimum absolute atomic E-state index is 0.0659. The molecule has 0 saturated carbocycles. The lowest BCUT2D eigenvalue weighted by Crippen LogP contribution is -2.08. The molecule has 0 fully saturated rings. The number of hydrogen-bond acceptors (Lipinski definition) is 1. The van der Waals surface area contributed by atoms with Crippen molar-refractivity contribution in [1.29, 1.82) is 0 Å². The molecule has 0 aliphatic rings. The van der Waals surface area contributed by atoms with Gasteiger partial charge in [0.1, 0.15) is 17.5 Å². The van der Waals surface area contributed by atoms with Crippen molar-refractivity contribution in [2.45, 2.75) is 12.5 Å². The quantitative estimate of drug-likeness (QED) is 0.802. The van der Waals surface area contributed by atoms with E-state index < -0.39 is 29.1 Å². The third-order valence-corrected chi connectivity index (χ3v) is 3.44. The summed E-state index contributed by atoms with van der Waals surface area (Å²) in [4.78, 5) is 0. The van der Waals surface area contributed by atoms with Crippen LogP contribution in [0.3, 0.4) is 0 Å². The molecule has 0 amide bonds. The van der Waals surface area contributed by atoms with Crippen molar-refractivity contribution < 1.29 is 18.3 Å². The van der Waals surface area contributed by atoms with Crippen LogP contribution >= 0.6 is 22.6 Å².